The fourth-order valence-corrected chi connectivity index (χ4v) is 6.49. The molecule has 1 N–H and O–H groups in total. The number of benzene rings is 1. The van der Waals surface area contributed by atoms with Crippen molar-refractivity contribution >= 4 is 27.5 Å². The highest BCUT2D eigenvalue weighted by Gasteiger charge is 2.43. The van der Waals surface area contributed by atoms with Crippen LogP contribution in [0.25, 0.3) is 0 Å². The fourth-order valence-electron chi connectivity index (χ4n) is 4.47. The van der Waals surface area contributed by atoms with Crippen LogP contribution in [0.15, 0.2) is 29.2 Å². The molecule has 178 valence electrons. The predicted octanol–water partition coefficient (Wildman–Crippen LogP) is 0.887. The monoisotopic (exact) mass is 488 g/mol. The van der Waals surface area contributed by atoms with Gasteiger partial charge in [-0.25, -0.2) is 8.42 Å². The summed E-state index contributed by atoms with van der Waals surface area (Å²) in [6.45, 7) is 2.27. The molecule has 9 nitrogen and oxygen atoms in total. The van der Waals surface area contributed by atoms with E-state index < -0.39 is 28.3 Å². The highest BCUT2D eigenvalue weighted by Crippen LogP contribution is 2.32. The fraction of sp³-hybridized carbons (Fsp3) is 0.667. The third-order valence-corrected chi connectivity index (χ3v) is 8.22. The number of nitrogens with zero attached hydrogens (tertiary/aromatic N) is 2. The Bertz CT molecular complexity index is 909. The number of hydrogen-bond donors (Lipinski definition) is 1. The number of aliphatic hydroxyl groups is 1. The molecule has 3 aliphatic heterocycles. The molecule has 0 saturated carbocycles. The molecular formula is C21H29ClN2O7S. The Balaban J connectivity index is 1.50. The molecule has 0 spiro atoms. The van der Waals surface area contributed by atoms with Gasteiger partial charge in [-0.1, -0.05) is 17.7 Å². The number of carbonyl (C=O) groups excluding carboxylic acids is 1. The Kier molecular flexibility index (Phi) is 7.71. The van der Waals surface area contributed by atoms with Crippen LogP contribution >= 0.6 is 11.6 Å². The van der Waals surface area contributed by atoms with E-state index in [1.165, 1.54) is 16.4 Å². The van der Waals surface area contributed by atoms with Crippen molar-refractivity contribution < 1.29 is 32.5 Å². The number of halogens is 1. The second-order valence-electron chi connectivity index (χ2n) is 8.36. The molecular weight excluding hydrogens is 460 g/mol. The summed E-state index contributed by atoms with van der Waals surface area (Å²) >= 11 is 6.03. The Morgan fingerprint density at radius 3 is 2.69 bits per heavy atom. The summed E-state index contributed by atoms with van der Waals surface area (Å²) in [4.78, 5) is 14.5. The second-order valence-corrected chi connectivity index (χ2v) is 10.7. The summed E-state index contributed by atoms with van der Waals surface area (Å²) in [5, 5.41) is 10.6. The van der Waals surface area contributed by atoms with Gasteiger partial charge in [0.15, 0.2) is 0 Å². The molecule has 4 atom stereocenters. The highest BCUT2D eigenvalue weighted by molar-refractivity contribution is 7.89. The van der Waals surface area contributed by atoms with E-state index in [9.17, 15) is 18.3 Å². The van der Waals surface area contributed by atoms with E-state index in [4.69, 9.17) is 25.8 Å². The molecule has 3 heterocycles. The molecule has 0 radical (unpaired) electrons. The molecule has 0 unspecified atom stereocenters. The lowest BCUT2D eigenvalue weighted by molar-refractivity contribution is -0.153. The minimum Gasteiger partial charge on any atom is -0.389 e. The summed E-state index contributed by atoms with van der Waals surface area (Å²) in [5.74, 6) is 0.0161. The van der Waals surface area contributed by atoms with Gasteiger partial charge in [-0.05, 0) is 31.0 Å². The van der Waals surface area contributed by atoms with Crippen molar-refractivity contribution in [1.29, 1.82) is 0 Å². The zero-order valence-electron chi connectivity index (χ0n) is 17.8. The molecule has 3 aliphatic rings. The Morgan fingerprint density at radius 1 is 1.16 bits per heavy atom. The van der Waals surface area contributed by atoms with E-state index >= 15 is 0 Å². The normalized spacial score (nSPS) is 30.2. The number of morpholine rings is 1. The zero-order chi connectivity index (χ0) is 22.7. The van der Waals surface area contributed by atoms with Crippen molar-refractivity contribution in [3.63, 3.8) is 0 Å². The lowest BCUT2D eigenvalue weighted by atomic mass is 9.96. The maximum absolute atomic E-state index is 13.5. The van der Waals surface area contributed by atoms with Crippen molar-refractivity contribution in [2.24, 2.45) is 0 Å². The lowest BCUT2D eigenvalue weighted by Gasteiger charge is -2.43. The maximum atomic E-state index is 13.5. The Hall–Kier alpha value is -1.27. The van der Waals surface area contributed by atoms with Gasteiger partial charge < -0.3 is 24.2 Å². The Morgan fingerprint density at radius 2 is 1.94 bits per heavy atom. The molecule has 11 heteroatoms. The molecule has 1 amide bonds. The van der Waals surface area contributed by atoms with Crippen molar-refractivity contribution in [3.05, 3.63) is 29.3 Å². The van der Waals surface area contributed by atoms with Gasteiger partial charge in [0, 0.05) is 24.7 Å². The quantitative estimate of drug-likeness (QED) is 0.670. The van der Waals surface area contributed by atoms with Gasteiger partial charge in [-0.15, -0.1) is 0 Å². The average Bonchev–Trinajstić information content (AvgIpc) is 2.77. The van der Waals surface area contributed by atoms with Crippen LogP contribution in [-0.2, 0) is 29.0 Å². The first kappa shape index (κ1) is 23.9. The smallest absolute Gasteiger partial charge is 0.243 e. The third kappa shape index (κ3) is 5.44. The number of carbonyl (C=O) groups is 1. The van der Waals surface area contributed by atoms with Crippen LogP contribution in [0.1, 0.15) is 19.3 Å². The van der Waals surface area contributed by atoms with Crippen LogP contribution in [0, 0.1) is 0 Å². The van der Waals surface area contributed by atoms with Crippen LogP contribution in [0.5, 0.6) is 0 Å². The first-order valence-electron chi connectivity index (χ1n) is 10.9. The molecule has 4 rings (SSSR count). The van der Waals surface area contributed by atoms with Gasteiger partial charge in [0.2, 0.25) is 15.9 Å². The highest BCUT2D eigenvalue weighted by atomic mass is 35.5. The van der Waals surface area contributed by atoms with E-state index in [2.05, 4.69) is 0 Å². The molecule has 0 aliphatic carbocycles. The van der Waals surface area contributed by atoms with Crippen molar-refractivity contribution in [2.45, 2.75) is 48.5 Å². The van der Waals surface area contributed by atoms with Gasteiger partial charge >= 0.3 is 0 Å². The Labute approximate surface area is 193 Å². The maximum Gasteiger partial charge on any atom is 0.243 e. The summed E-state index contributed by atoms with van der Waals surface area (Å²) in [5.41, 5.74) is 0. The van der Waals surface area contributed by atoms with Crippen LogP contribution < -0.4 is 0 Å². The summed E-state index contributed by atoms with van der Waals surface area (Å²) in [7, 11) is -3.92. The number of β-amino-alcohol motifs (C(OH)–C–C–N with tert-alkyl or cyclic N) is 1. The minimum absolute atomic E-state index is 0.00548. The van der Waals surface area contributed by atoms with E-state index in [0.717, 1.165) is 0 Å². The number of sulfonamides is 1. The lowest BCUT2D eigenvalue weighted by Crippen LogP contribution is -2.57. The number of hydrogen-bond acceptors (Lipinski definition) is 7. The van der Waals surface area contributed by atoms with Crippen LogP contribution in [0.3, 0.4) is 0 Å². The molecule has 0 bridgehead atoms. The zero-order valence-corrected chi connectivity index (χ0v) is 19.3. The molecule has 1 aromatic rings. The number of amides is 1. The van der Waals surface area contributed by atoms with Gasteiger partial charge in [0.05, 0.1) is 62.1 Å². The first-order chi connectivity index (χ1) is 15.3. The van der Waals surface area contributed by atoms with E-state index in [-0.39, 0.29) is 43.1 Å². The van der Waals surface area contributed by atoms with Crippen molar-refractivity contribution in [3.8, 4) is 0 Å². The second kappa shape index (κ2) is 10.3. The molecule has 3 fully saturated rings. The minimum atomic E-state index is -3.92. The predicted molar refractivity (Wildman–Crippen MR) is 116 cm³/mol. The number of aliphatic hydroxyl groups excluding tert-OH is 1. The first-order valence-corrected chi connectivity index (χ1v) is 12.7. The van der Waals surface area contributed by atoms with Gasteiger partial charge in [-0.2, -0.15) is 4.31 Å². The topological polar surface area (TPSA) is 106 Å². The molecule has 3 saturated heterocycles. The van der Waals surface area contributed by atoms with Gasteiger partial charge in [-0.3, -0.25) is 4.79 Å². The van der Waals surface area contributed by atoms with E-state index in [1.807, 2.05) is 0 Å². The summed E-state index contributed by atoms with van der Waals surface area (Å²) < 4.78 is 45.3. The summed E-state index contributed by atoms with van der Waals surface area (Å²) in [6.07, 6.45) is -0.517. The largest absolute Gasteiger partial charge is 0.389 e. The SMILES string of the molecule is O=C(C[C@H]1CC[C@@H]2[C@H](COC[C@H](O)CN2S(=O)(=O)c2cccc(Cl)c2)O1)N1CCOCC1. The van der Waals surface area contributed by atoms with E-state index in [0.29, 0.717) is 44.2 Å². The summed E-state index contributed by atoms with van der Waals surface area (Å²) in [6, 6.07) is 5.58. The van der Waals surface area contributed by atoms with Gasteiger partial charge in [0.1, 0.15) is 0 Å². The van der Waals surface area contributed by atoms with Crippen LogP contribution in [0.2, 0.25) is 5.02 Å². The van der Waals surface area contributed by atoms with Crippen LogP contribution in [-0.4, -0.2) is 99.1 Å². The average molecular weight is 489 g/mol. The standard InChI is InChI=1S/C21H29ClN2O7S/c22-15-2-1-3-18(10-15)32(27,28)24-12-16(25)13-30-14-20-19(24)5-4-17(31-20)11-21(26)23-6-8-29-9-7-23/h1-3,10,16-17,19-20,25H,4-9,11-14H2/t16-,17-,19-,20+/m1/s1. The molecule has 1 aromatic carbocycles. The molecule has 0 aromatic heterocycles. The third-order valence-electron chi connectivity index (χ3n) is 6.10. The van der Waals surface area contributed by atoms with Crippen molar-refractivity contribution in [1.82, 2.24) is 9.21 Å². The number of fused-ring (bicyclic) bond motifs is 1. The molecule has 32 heavy (non-hydrogen) atoms. The van der Waals surface area contributed by atoms with E-state index in [1.54, 1.807) is 17.0 Å². The number of rotatable bonds is 4. The number of ether oxygens (including phenoxy) is 3. The van der Waals surface area contributed by atoms with Crippen LogP contribution in [0.4, 0.5) is 0 Å². The van der Waals surface area contributed by atoms with Gasteiger partial charge in [0.25, 0.3) is 0 Å². The van der Waals surface area contributed by atoms with Crippen molar-refractivity contribution in [2.75, 3.05) is 46.1 Å².